The summed E-state index contributed by atoms with van der Waals surface area (Å²) in [5.74, 6) is 0. The van der Waals surface area contributed by atoms with Crippen molar-refractivity contribution < 1.29 is 0 Å². The summed E-state index contributed by atoms with van der Waals surface area (Å²) >= 11 is 0. The van der Waals surface area contributed by atoms with Gasteiger partial charge in [0.25, 0.3) is 0 Å². The van der Waals surface area contributed by atoms with E-state index in [1.54, 1.807) is 10.8 Å². The van der Waals surface area contributed by atoms with Gasteiger partial charge >= 0.3 is 0 Å². The van der Waals surface area contributed by atoms with Gasteiger partial charge in [-0.05, 0) is 19.1 Å². The van der Waals surface area contributed by atoms with Crippen LogP contribution in [0.4, 0.5) is 0 Å². The Morgan fingerprint density at radius 3 is 2.92 bits per heavy atom. The molecule has 0 aliphatic heterocycles. The highest BCUT2D eigenvalue weighted by Crippen LogP contribution is 2.10. The number of aryl methyl sites for hydroxylation is 1. The van der Waals surface area contributed by atoms with Crippen LogP contribution in [-0.2, 0) is 7.05 Å². The van der Waals surface area contributed by atoms with Crippen LogP contribution in [0, 0.1) is 0 Å². The van der Waals surface area contributed by atoms with Crippen molar-refractivity contribution in [2.45, 2.75) is 6.92 Å². The van der Waals surface area contributed by atoms with Gasteiger partial charge in [0.1, 0.15) is 0 Å². The zero-order chi connectivity index (χ0) is 9.14. The van der Waals surface area contributed by atoms with Gasteiger partial charge in [-0.2, -0.15) is 5.10 Å². The van der Waals surface area contributed by atoms with Crippen LogP contribution in [0.25, 0.3) is 12.2 Å². The SMILES string of the molecule is C=Cc1nn(C)cc1/C=C(/C)N. The number of nitrogens with two attached hydrogens (primary N) is 1. The lowest BCUT2D eigenvalue weighted by atomic mass is 10.2. The fourth-order valence-electron chi connectivity index (χ4n) is 1.04. The molecule has 0 unspecified atom stereocenters. The Hall–Kier alpha value is -1.51. The normalized spacial score (nSPS) is 11.7. The van der Waals surface area contributed by atoms with Crippen LogP contribution in [0.5, 0.6) is 0 Å². The molecule has 1 aromatic heterocycles. The van der Waals surface area contributed by atoms with E-state index in [1.807, 2.05) is 26.2 Å². The Bertz CT molecular complexity index is 317. The molecule has 64 valence electrons. The maximum absolute atomic E-state index is 5.55. The fourth-order valence-corrected chi connectivity index (χ4v) is 1.04. The van der Waals surface area contributed by atoms with Crippen LogP contribution in [0.3, 0.4) is 0 Å². The van der Waals surface area contributed by atoms with E-state index in [1.165, 1.54) is 0 Å². The van der Waals surface area contributed by atoms with Crippen molar-refractivity contribution in [1.82, 2.24) is 9.78 Å². The first kappa shape index (κ1) is 8.59. The van der Waals surface area contributed by atoms with Crippen molar-refractivity contribution in [3.63, 3.8) is 0 Å². The third-order valence-corrected chi connectivity index (χ3v) is 1.46. The standard InChI is InChI=1S/C9H13N3/c1-4-9-8(5-7(2)10)6-12(3)11-9/h4-6H,1,10H2,2-3H3/b7-5-. The Morgan fingerprint density at radius 1 is 1.75 bits per heavy atom. The van der Waals surface area contributed by atoms with Crippen molar-refractivity contribution in [3.05, 3.63) is 29.7 Å². The van der Waals surface area contributed by atoms with Crippen LogP contribution in [0.2, 0.25) is 0 Å². The second kappa shape index (κ2) is 3.26. The number of allylic oxidation sites excluding steroid dienone is 1. The van der Waals surface area contributed by atoms with Crippen molar-refractivity contribution in [2.75, 3.05) is 0 Å². The van der Waals surface area contributed by atoms with E-state index in [9.17, 15) is 0 Å². The van der Waals surface area contributed by atoms with Gasteiger partial charge in [0.15, 0.2) is 0 Å². The topological polar surface area (TPSA) is 43.8 Å². The van der Waals surface area contributed by atoms with Crippen LogP contribution in [0.1, 0.15) is 18.2 Å². The molecule has 0 saturated heterocycles. The molecule has 0 fully saturated rings. The average molecular weight is 163 g/mol. The number of nitrogens with zero attached hydrogens (tertiary/aromatic N) is 2. The van der Waals surface area contributed by atoms with Crippen LogP contribution < -0.4 is 5.73 Å². The number of aromatic nitrogens is 2. The quantitative estimate of drug-likeness (QED) is 0.715. The molecule has 0 saturated carbocycles. The van der Waals surface area contributed by atoms with Gasteiger partial charge in [0.2, 0.25) is 0 Å². The number of hydrogen-bond acceptors (Lipinski definition) is 2. The summed E-state index contributed by atoms with van der Waals surface area (Å²) in [4.78, 5) is 0. The highest BCUT2D eigenvalue weighted by Gasteiger charge is 2.00. The lowest BCUT2D eigenvalue weighted by Crippen LogP contribution is -1.89. The molecular weight excluding hydrogens is 150 g/mol. The molecule has 0 amide bonds. The lowest BCUT2D eigenvalue weighted by molar-refractivity contribution is 0.764. The van der Waals surface area contributed by atoms with Crippen LogP contribution in [-0.4, -0.2) is 9.78 Å². The minimum Gasteiger partial charge on any atom is -0.402 e. The average Bonchev–Trinajstić information content (AvgIpc) is 2.29. The monoisotopic (exact) mass is 163 g/mol. The number of rotatable bonds is 2. The molecule has 0 aliphatic carbocycles. The Balaban J connectivity index is 3.13. The van der Waals surface area contributed by atoms with E-state index in [0.717, 1.165) is 17.0 Å². The second-order valence-electron chi connectivity index (χ2n) is 2.74. The maximum atomic E-state index is 5.55. The third kappa shape index (κ3) is 1.75. The summed E-state index contributed by atoms with van der Waals surface area (Å²) in [7, 11) is 1.87. The van der Waals surface area contributed by atoms with Crippen molar-refractivity contribution in [1.29, 1.82) is 0 Å². The second-order valence-corrected chi connectivity index (χ2v) is 2.74. The van der Waals surface area contributed by atoms with Gasteiger partial charge in [0.05, 0.1) is 5.69 Å². The summed E-state index contributed by atoms with van der Waals surface area (Å²) in [5.41, 5.74) is 8.19. The van der Waals surface area contributed by atoms with Gasteiger partial charge in [-0.15, -0.1) is 0 Å². The summed E-state index contributed by atoms with van der Waals surface area (Å²) in [6, 6.07) is 0. The lowest BCUT2D eigenvalue weighted by Gasteiger charge is -1.89. The molecular formula is C9H13N3. The van der Waals surface area contributed by atoms with Crippen molar-refractivity contribution >= 4 is 12.2 Å². The molecule has 12 heavy (non-hydrogen) atoms. The van der Waals surface area contributed by atoms with Crippen LogP contribution in [0.15, 0.2) is 18.5 Å². The van der Waals surface area contributed by atoms with E-state index in [4.69, 9.17) is 5.73 Å². The highest BCUT2D eigenvalue weighted by atomic mass is 15.2. The highest BCUT2D eigenvalue weighted by molar-refractivity contribution is 5.61. The molecule has 0 bridgehead atoms. The molecule has 2 N–H and O–H groups in total. The molecule has 1 rings (SSSR count). The van der Waals surface area contributed by atoms with Gasteiger partial charge in [0, 0.05) is 24.5 Å². The maximum Gasteiger partial charge on any atom is 0.0917 e. The summed E-state index contributed by atoms with van der Waals surface area (Å²) in [6.07, 6.45) is 5.51. The Morgan fingerprint density at radius 2 is 2.42 bits per heavy atom. The summed E-state index contributed by atoms with van der Waals surface area (Å²) < 4.78 is 1.74. The minimum atomic E-state index is 0.770. The molecule has 0 radical (unpaired) electrons. The smallest absolute Gasteiger partial charge is 0.0917 e. The van der Waals surface area contributed by atoms with E-state index in [0.29, 0.717) is 0 Å². The first-order valence-electron chi connectivity index (χ1n) is 3.73. The van der Waals surface area contributed by atoms with E-state index < -0.39 is 0 Å². The van der Waals surface area contributed by atoms with E-state index >= 15 is 0 Å². The predicted octanol–water partition coefficient (Wildman–Crippen LogP) is 1.38. The van der Waals surface area contributed by atoms with Gasteiger partial charge in [-0.1, -0.05) is 6.58 Å². The molecule has 0 aromatic carbocycles. The first-order valence-corrected chi connectivity index (χ1v) is 3.73. The van der Waals surface area contributed by atoms with Gasteiger partial charge in [-0.3, -0.25) is 4.68 Å². The fraction of sp³-hybridized carbons (Fsp3) is 0.222. The van der Waals surface area contributed by atoms with E-state index in [-0.39, 0.29) is 0 Å². The molecule has 3 heteroatoms. The molecule has 1 heterocycles. The molecule has 0 spiro atoms. The van der Waals surface area contributed by atoms with Gasteiger partial charge < -0.3 is 5.73 Å². The van der Waals surface area contributed by atoms with Crippen molar-refractivity contribution in [2.24, 2.45) is 12.8 Å². The molecule has 0 atom stereocenters. The van der Waals surface area contributed by atoms with Crippen LogP contribution >= 0.6 is 0 Å². The minimum absolute atomic E-state index is 0.770. The zero-order valence-electron chi connectivity index (χ0n) is 7.41. The molecule has 3 nitrogen and oxygen atoms in total. The van der Waals surface area contributed by atoms with Crippen molar-refractivity contribution in [3.8, 4) is 0 Å². The summed E-state index contributed by atoms with van der Waals surface area (Å²) in [6.45, 7) is 5.51. The largest absolute Gasteiger partial charge is 0.402 e. The van der Waals surface area contributed by atoms with Gasteiger partial charge in [-0.25, -0.2) is 0 Å². The molecule has 1 aromatic rings. The molecule has 0 aliphatic rings. The number of hydrogen-bond donors (Lipinski definition) is 1. The zero-order valence-corrected chi connectivity index (χ0v) is 7.41. The summed E-state index contributed by atoms with van der Waals surface area (Å²) in [5, 5.41) is 4.18. The predicted molar refractivity (Wildman–Crippen MR) is 51.1 cm³/mol. The van der Waals surface area contributed by atoms with E-state index in [2.05, 4.69) is 11.7 Å². The first-order chi connectivity index (χ1) is 5.63. The third-order valence-electron chi connectivity index (χ3n) is 1.46. The Kier molecular flexibility index (Phi) is 2.33. The Labute approximate surface area is 72.2 Å².